The van der Waals surface area contributed by atoms with Crippen molar-refractivity contribution >= 4 is 45.6 Å². The van der Waals surface area contributed by atoms with Gasteiger partial charge in [0.1, 0.15) is 5.82 Å². The summed E-state index contributed by atoms with van der Waals surface area (Å²) < 4.78 is 14.2. The van der Waals surface area contributed by atoms with Crippen LogP contribution in [-0.2, 0) is 0 Å². The van der Waals surface area contributed by atoms with Crippen molar-refractivity contribution in [3.05, 3.63) is 56.4 Å². The second-order valence-corrected chi connectivity index (χ2v) is 5.19. The van der Waals surface area contributed by atoms with Crippen molar-refractivity contribution in [3.63, 3.8) is 0 Å². The smallest absolute Gasteiger partial charge is 0.126 e. The number of halogens is 3. The van der Waals surface area contributed by atoms with Gasteiger partial charge in [0.25, 0.3) is 0 Å². The van der Waals surface area contributed by atoms with Gasteiger partial charge in [-0.2, -0.15) is 5.26 Å². The quantitative estimate of drug-likeness (QED) is 0.776. The predicted molar refractivity (Wildman–Crippen MR) is 78.6 cm³/mol. The summed E-state index contributed by atoms with van der Waals surface area (Å²) in [6, 6.07) is 11.4. The number of benzene rings is 2. The van der Waals surface area contributed by atoms with Crippen LogP contribution in [0.2, 0.25) is 5.02 Å². The zero-order valence-electron chi connectivity index (χ0n) is 9.05. The van der Waals surface area contributed by atoms with E-state index in [1.54, 1.807) is 24.3 Å². The van der Waals surface area contributed by atoms with E-state index in [0.717, 1.165) is 9.26 Å². The molecule has 2 rings (SSSR count). The number of hydrogen-bond acceptors (Lipinski definition) is 2. The van der Waals surface area contributed by atoms with E-state index < -0.39 is 5.82 Å². The topological polar surface area (TPSA) is 35.8 Å². The van der Waals surface area contributed by atoms with Gasteiger partial charge in [-0.15, -0.1) is 0 Å². The van der Waals surface area contributed by atoms with Gasteiger partial charge in [-0.3, -0.25) is 0 Å². The van der Waals surface area contributed by atoms with Gasteiger partial charge in [-0.25, -0.2) is 4.39 Å². The highest BCUT2D eigenvalue weighted by molar-refractivity contribution is 14.1. The molecular weight excluding hydrogens is 366 g/mol. The molecule has 0 aromatic heterocycles. The molecule has 0 fully saturated rings. The molecule has 2 aromatic carbocycles. The Kier molecular flexibility index (Phi) is 4.04. The minimum Gasteiger partial charge on any atom is -0.355 e. The van der Waals surface area contributed by atoms with Crippen LogP contribution < -0.4 is 5.32 Å². The number of rotatable bonds is 2. The van der Waals surface area contributed by atoms with Crippen molar-refractivity contribution in [2.75, 3.05) is 5.32 Å². The molecule has 90 valence electrons. The molecule has 0 amide bonds. The Morgan fingerprint density at radius 3 is 2.67 bits per heavy atom. The van der Waals surface area contributed by atoms with Crippen LogP contribution in [0.3, 0.4) is 0 Å². The zero-order valence-corrected chi connectivity index (χ0v) is 12.0. The van der Waals surface area contributed by atoms with Gasteiger partial charge >= 0.3 is 0 Å². The molecule has 0 heterocycles. The normalized spacial score (nSPS) is 9.89. The molecule has 0 atom stereocenters. The standard InChI is InChI=1S/C13H7ClFIN2/c14-9-1-2-13(12(16)5-9)18-11-4-8(7-17)3-10(15)6-11/h1-6,18H. The summed E-state index contributed by atoms with van der Waals surface area (Å²) in [4.78, 5) is 0. The third kappa shape index (κ3) is 3.12. The molecule has 0 aliphatic carbocycles. The molecule has 18 heavy (non-hydrogen) atoms. The number of nitriles is 1. The molecule has 0 saturated heterocycles. The summed E-state index contributed by atoms with van der Waals surface area (Å²) in [6.07, 6.45) is 0. The molecule has 2 aromatic rings. The molecule has 0 bridgehead atoms. The maximum atomic E-state index is 13.3. The largest absolute Gasteiger partial charge is 0.355 e. The molecule has 5 heteroatoms. The van der Waals surface area contributed by atoms with Gasteiger partial charge in [0.05, 0.1) is 17.3 Å². The van der Waals surface area contributed by atoms with Crippen molar-refractivity contribution in [1.29, 1.82) is 5.26 Å². The van der Waals surface area contributed by atoms with Gasteiger partial charge in [0.2, 0.25) is 0 Å². The summed E-state index contributed by atoms with van der Waals surface area (Å²) in [6.45, 7) is 0. The van der Waals surface area contributed by atoms with Crippen LogP contribution in [0.4, 0.5) is 15.8 Å². The summed E-state index contributed by atoms with van der Waals surface area (Å²) in [5, 5.41) is 12.5. The molecule has 0 saturated carbocycles. The zero-order chi connectivity index (χ0) is 13.1. The molecule has 0 aliphatic rings. The van der Waals surface area contributed by atoms with Gasteiger partial charge in [-0.1, -0.05) is 11.6 Å². The van der Waals surface area contributed by atoms with Crippen molar-refractivity contribution < 1.29 is 4.39 Å². The Labute approximate surface area is 123 Å². The van der Waals surface area contributed by atoms with Crippen LogP contribution in [0.5, 0.6) is 0 Å². The van der Waals surface area contributed by atoms with E-state index in [2.05, 4.69) is 27.9 Å². The number of hydrogen-bond donors (Lipinski definition) is 1. The lowest BCUT2D eigenvalue weighted by Crippen LogP contribution is -1.94. The SMILES string of the molecule is N#Cc1cc(F)cc(Nc2ccc(Cl)cc2I)c1. The number of nitrogens with zero attached hydrogens (tertiary/aromatic N) is 1. The fourth-order valence-corrected chi connectivity index (χ4v) is 2.48. The lowest BCUT2D eigenvalue weighted by molar-refractivity contribution is 0.628. The fourth-order valence-electron chi connectivity index (χ4n) is 1.47. The molecule has 1 N–H and O–H groups in total. The van der Waals surface area contributed by atoms with Crippen molar-refractivity contribution in [1.82, 2.24) is 0 Å². The number of nitrogens with one attached hydrogen (secondary N) is 1. The highest BCUT2D eigenvalue weighted by Crippen LogP contribution is 2.26. The third-order valence-corrected chi connectivity index (χ3v) is 3.36. The Morgan fingerprint density at radius 1 is 1.22 bits per heavy atom. The van der Waals surface area contributed by atoms with Crippen LogP contribution in [0.25, 0.3) is 0 Å². The lowest BCUT2D eigenvalue weighted by Gasteiger charge is -2.09. The summed E-state index contributed by atoms with van der Waals surface area (Å²) >= 11 is 7.99. The third-order valence-electron chi connectivity index (χ3n) is 2.24. The monoisotopic (exact) mass is 372 g/mol. The summed E-state index contributed by atoms with van der Waals surface area (Å²) in [5.41, 5.74) is 1.63. The van der Waals surface area contributed by atoms with E-state index in [-0.39, 0.29) is 5.56 Å². The Hall–Kier alpha value is -1.32. The fraction of sp³-hybridized carbons (Fsp3) is 0. The van der Waals surface area contributed by atoms with Gasteiger partial charge in [0, 0.05) is 14.3 Å². The maximum absolute atomic E-state index is 13.3. The van der Waals surface area contributed by atoms with E-state index in [1.165, 1.54) is 12.1 Å². The first kappa shape index (κ1) is 13.1. The average Bonchev–Trinajstić information content (AvgIpc) is 2.32. The van der Waals surface area contributed by atoms with Crippen molar-refractivity contribution in [2.45, 2.75) is 0 Å². The van der Waals surface area contributed by atoms with E-state index in [1.807, 2.05) is 6.07 Å². The van der Waals surface area contributed by atoms with Gasteiger partial charge < -0.3 is 5.32 Å². The van der Waals surface area contributed by atoms with E-state index in [9.17, 15) is 4.39 Å². The average molecular weight is 373 g/mol. The van der Waals surface area contributed by atoms with E-state index in [0.29, 0.717) is 10.7 Å². The van der Waals surface area contributed by atoms with Crippen molar-refractivity contribution in [3.8, 4) is 6.07 Å². The van der Waals surface area contributed by atoms with Crippen LogP contribution in [-0.4, -0.2) is 0 Å². The Balaban J connectivity index is 2.34. The van der Waals surface area contributed by atoms with E-state index >= 15 is 0 Å². The molecule has 0 radical (unpaired) electrons. The highest BCUT2D eigenvalue weighted by Gasteiger charge is 2.04. The van der Waals surface area contributed by atoms with Crippen LogP contribution in [0.1, 0.15) is 5.56 Å². The molecule has 0 unspecified atom stereocenters. The molecule has 0 spiro atoms. The van der Waals surface area contributed by atoms with Gasteiger partial charge in [-0.05, 0) is 59.0 Å². The Bertz CT molecular complexity index is 637. The Morgan fingerprint density at radius 2 is 2.00 bits per heavy atom. The molecular formula is C13H7ClFIN2. The maximum Gasteiger partial charge on any atom is 0.126 e. The minimum atomic E-state index is -0.444. The number of anilines is 2. The van der Waals surface area contributed by atoms with E-state index in [4.69, 9.17) is 16.9 Å². The summed E-state index contributed by atoms with van der Waals surface area (Å²) in [5.74, 6) is -0.444. The first-order chi connectivity index (χ1) is 8.58. The summed E-state index contributed by atoms with van der Waals surface area (Å²) in [7, 11) is 0. The van der Waals surface area contributed by atoms with Crippen LogP contribution in [0, 0.1) is 20.7 Å². The first-order valence-electron chi connectivity index (χ1n) is 5.01. The molecule has 2 nitrogen and oxygen atoms in total. The van der Waals surface area contributed by atoms with Crippen LogP contribution in [0.15, 0.2) is 36.4 Å². The first-order valence-corrected chi connectivity index (χ1v) is 6.47. The highest BCUT2D eigenvalue weighted by atomic mass is 127. The molecule has 0 aliphatic heterocycles. The second-order valence-electron chi connectivity index (χ2n) is 3.59. The second kappa shape index (κ2) is 5.55. The van der Waals surface area contributed by atoms with Crippen molar-refractivity contribution in [2.24, 2.45) is 0 Å². The minimum absolute atomic E-state index is 0.279. The van der Waals surface area contributed by atoms with Crippen LogP contribution >= 0.6 is 34.2 Å². The lowest BCUT2D eigenvalue weighted by atomic mass is 10.2. The predicted octanol–water partition coefficient (Wildman–Crippen LogP) is 4.70. The van der Waals surface area contributed by atoms with Gasteiger partial charge in [0.15, 0.2) is 0 Å².